The van der Waals surface area contributed by atoms with Gasteiger partial charge in [-0.05, 0) is 30.5 Å². The molecule has 3 saturated heterocycles. The zero-order valence-corrected chi connectivity index (χ0v) is 13.5. The van der Waals surface area contributed by atoms with E-state index in [2.05, 4.69) is 29.2 Å². The van der Waals surface area contributed by atoms with Gasteiger partial charge in [0.15, 0.2) is 0 Å². The van der Waals surface area contributed by atoms with E-state index in [1.165, 1.54) is 11.3 Å². The molecule has 0 N–H and O–H groups in total. The minimum atomic E-state index is 0.367. The first kappa shape index (κ1) is 15.4. The Labute approximate surface area is 137 Å². The Morgan fingerprint density at radius 1 is 0.913 bits per heavy atom. The largest absolute Gasteiger partial charge is 0.379 e. The first-order valence-electron chi connectivity index (χ1n) is 8.63. The van der Waals surface area contributed by atoms with Gasteiger partial charge < -0.3 is 23.8 Å². The molecule has 126 valence electrons. The van der Waals surface area contributed by atoms with Gasteiger partial charge >= 0.3 is 0 Å². The first-order chi connectivity index (χ1) is 11.4. The van der Waals surface area contributed by atoms with Gasteiger partial charge in [0.05, 0.1) is 38.6 Å². The van der Waals surface area contributed by atoms with Gasteiger partial charge in [-0.1, -0.05) is 12.1 Å². The third-order valence-electron chi connectivity index (χ3n) is 4.41. The highest BCUT2D eigenvalue weighted by molar-refractivity contribution is 5.48. The molecule has 3 heterocycles. The SMILES string of the molecule is c1cc(N(CC2CO2)CC2CO2)ccc1CCCOCC1CO1. The van der Waals surface area contributed by atoms with Crippen LogP contribution in [0, 0.1) is 0 Å². The molecule has 0 aromatic heterocycles. The van der Waals surface area contributed by atoms with Crippen LogP contribution in [0.25, 0.3) is 0 Å². The Kier molecular flexibility index (Phi) is 4.80. The molecule has 0 amide bonds. The Hall–Kier alpha value is -1.14. The molecule has 0 radical (unpaired) electrons. The minimum Gasteiger partial charge on any atom is -0.379 e. The van der Waals surface area contributed by atoms with Crippen LogP contribution in [0.15, 0.2) is 24.3 Å². The highest BCUT2D eigenvalue weighted by Crippen LogP contribution is 2.23. The summed E-state index contributed by atoms with van der Waals surface area (Å²) < 4.78 is 21.5. The third kappa shape index (κ3) is 5.18. The maximum Gasteiger partial charge on any atom is 0.104 e. The molecule has 3 aliphatic heterocycles. The maximum atomic E-state index is 5.58. The third-order valence-corrected chi connectivity index (χ3v) is 4.41. The Morgan fingerprint density at radius 2 is 1.52 bits per heavy atom. The molecule has 1 aromatic rings. The molecule has 0 aliphatic carbocycles. The predicted molar refractivity (Wildman–Crippen MR) is 87.0 cm³/mol. The average molecular weight is 319 g/mol. The van der Waals surface area contributed by atoms with Crippen LogP contribution in [0.3, 0.4) is 0 Å². The zero-order chi connectivity index (χ0) is 15.5. The molecule has 3 unspecified atom stereocenters. The van der Waals surface area contributed by atoms with Crippen molar-refractivity contribution >= 4 is 5.69 Å². The fraction of sp³-hybridized carbons (Fsp3) is 0.667. The van der Waals surface area contributed by atoms with Gasteiger partial charge in [-0.2, -0.15) is 0 Å². The second-order valence-corrected chi connectivity index (χ2v) is 6.62. The van der Waals surface area contributed by atoms with E-state index in [1.807, 2.05) is 0 Å². The van der Waals surface area contributed by atoms with Crippen molar-refractivity contribution in [1.82, 2.24) is 0 Å². The van der Waals surface area contributed by atoms with E-state index in [9.17, 15) is 0 Å². The van der Waals surface area contributed by atoms with E-state index < -0.39 is 0 Å². The summed E-state index contributed by atoms with van der Waals surface area (Å²) in [4.78, 5) is 2.39. The van der Waals surface area contributed by atoms with E-state index in [1.54, 1.807) is 0 Å². The molecular formula is C18H25NO4. The molecule has 5 heteroatoms. The van der Waals surface area contributed by atoms with Crippen LogP contribution < -0.4 is 4.90 Å². The molecular weight excluding hydrogens is 294 g/mol. The molecule has 0 spiro atoms. The van der Waals surface area contributed by atoms with Gasteiger partial charge in [-0.25, -0.2) is 0 Å². The van der Waals surface area contributed by atoms with Gasteiger partial charge in [0.1, 0.15) is 6.10 Å². The van der Waals surface area contributed by atoms with Crippen molar-refractivity contribution in [3.05, 3.63) is 29.8 Å². The normalized spacial score (nSPS) is 27.7. The summed E-state index contributed by atoms with van der Waals surface area (Å²) in [7, 11) is 0. The second kappa shape index (κ2) is 7.18. The molecule has 5 nitrogen and oxygen atoms in total. The summed E-state index contributed by atoms with van der Waals surface area (Å²) in [6.07, 6.45) is 3.29. The van der Waals surface area contributed by atoms with Gasteiger partial charge in [-0.3, -0.25) is 0 Å². The van der Waals surface area contributed by atoms with Crippen molar-refractivity contribution in [2.75, 3.05) is 51.0 Å². The van der Waals surface area contributed by atoms with Crippen LogP contribution >= 0.6 is 0 Å². The highest BCUT2D eigenvalue weighted by Gasteiger charge is 2.30. The first-order valence-corrected chi connectivity index (χ1v) is 8.63. The van der Waals surface area contributed by atoms with Crippen LogP contribution in [0.2, 0.25) is 0 Å². The van der Waals surface area contributed by atoms with Gasteiger partial charge in [0.2, 0.25) is 0 Å². The van der Waals surface area contributed by atoms with Crippen molar-refractivity contribution in [3.8, 4) is 0 Å². The Balaban J connectivity index is 1.23. The second-order valence-electron chi connectivity index (χ2n) is 6.62. The number of epoxide rings is 3. The topological polar surface area (TPSA) is 50.1 Å². The van der Waals surface area contributed by atoms with Crippen molar-refractivity contribution in [3.63, 3.8) is 0 Å². The molecule has 4 rings (SSSR count). The van der Waals surface area contributed by atoms with Crippen molar-refractivity contribution in [2.24, 2.45) is 0 Å². The van der Waals surface area contributed by atoms with E-state index in [-0.39, 0.29) is 0 Å². The molecule has 3 fully saturated rings. The summed E-state index contributed by atoms with van der Waals surface area (Å²) in [5.74, 6) is 0. The van der Waals surface area contributed by atoms with E-state index in [0.717, 1.165) is 59.0 Å². The van der Waals surface area contributed by atoms with Crippen LogP contribution in [-0.2, 0) is 25.4 Å². The van der Waals surface area contributed by atoms with Crippen LogP contribution in [0.4, 0.5) is 5.69 Å². The number of rotatable bonds is 11. The molecule has 3 aliphatic rings. The molecule has 3 atom stereocenters. The molecule has 0 saturated carbocycles. The Bertz CT molecular complexity index is 480. The van der Waals surface area contributed by atoms with Crippen molar-refractivity contribution < 1.29 is 18.9 Å². The number of hydrogen-bond acceptors (Lipinski definition) is 5. The lowest BCUT2D eigenvalue weighted by atomic mass is 10.1. The van der Waals surface area contributed by atoms with Gasteiger partial charge in [-0.15, -0.1) is 0 Å². The van der Waals surface area contributed by atoms with Crippen LogP contribution in [0.1, 0.15) is 12.0 Å². The number of aryl methyl sites for hydroxylation is 1. The number of hydrogen-bond donors (Lipinski definition) is 0. The molecule has 0 bridgehead atoms. The summed E-state index contributed by atoms with van der Waals surface area (Å²) in [6, 6.07) is 8.90. The standard InChI is InChI=1S/C18H25NO4/c1(7-20-10-18-13-23-18)2-14-3-5-15(6-4-14)19(8-16-11-21-16)9-17-12-22-17/h3-6,16-18H,1-2,7-13H2. The minimum absolute atomic E-state index is 0.367. The number of nitrogens with zero attached hydrogens (tertiary/aromatic N) is 1. The fourth-order valence-electron chi connectivity index (χ4n) is 2.75. The maximum absolute atomic E-state index is 5.58. The summed E-state index contributed by atoms with van der Waals surface area (Å²) in [5.41, 5.74) is 2.63. The lowest BCUT2D eigenvalue weighted by Gasteiger charge is -2.23. The summed E-state index contributed by atoms with van der Waals surface area (Å²) in [6.45, 7) is 6.16. The lowest BCUT2D eigenvalue weighted by Crippen LogP contribution is -2.31. The summed E-state index contributed by atoms with van der Waals surface area (Å²) >= 11 is 0. The van der Waals surface area contributed by atoms with Crippen molar-refractivity contribution in [2.45, 2.75) is 31.2 Å². The van der Waals surface area contributed by atoms with Crippen molar-refractivity contribution in [1.29, 1.82) is 0 Å². The smallest absolute Gasteiger partial charge is 0.104 e. The quantitative estimate of drug-likeness (QED) is 0.458. The lowest BCUT2D eigenvalue weighted by molar-refractivity contribution is 0.114. The zero-order valence-electron chi connectivity index (χ0n) is 13.5. The Morgan fingerprint density at radius 3 is 2.09 bits per heavy atom. The average Bonchev–Trinajstić information content (AvgIpc) is 3.41. The number of benzene rings is 1. The summed E-state index contributed by atoms with van der Waals surface area (Å²) in [5, 5.41) is 0. The van der Waals surface area contributed by atoms with Crippen LogP contribution in [-0.4, -0.2) is 64.4 Å². The fourth-order valence-corrected chi connectivity index (χ4v) is 2.75. The van der Waals surface area contributed by atoms with Gasteiger partial charge in [0.25, 0.3) is 0 Å². The molecule has 1 aromatic carbocycles. The van der Waals surface area contributed by atoms with Gasteiger partial charge in [0, 0.05) is 25.4 Å². The van der Waals surface area contributed by atoms with E-state index >= 15 is 0 Å². The van der Waals surface area contributed by atoms with Crippen LogP contribution in [0.5, 0.6) is 0 Å². The predicted octanol–water partition coefficient (Wildman–Crippen LogP) is 1.64. The molecule has 23 heavy (non-hydrogen) atoms. The number of ether oxygens (including phenoxy) is 4. The van der Waals surface area contributed by atoms with E-state index in [4.69, 9.17) is 18.9 Å². The van der Waals surface area contributed by atoms with E-state index in [0.29, 0.717) is 18.3 Å². The number of anilines is 1. The monoisotopic (exact) mass is 319 g/mol. The highest BCUT2D eigenvalue weighted by atomic mass is 16.6.